The molecule has 0 bridgehead atoms. The van der Waals surface area contributed by atoms with Crippen LogP contribution in [-0.4, -0.2) is 18.5 Å². The van der Waals surface area contributed by atoms with Crippen molar-refractivity contribution in [2.45, 2.75) is 13.5 Å². The van der Waals surface area contributed by atoms with Crippen LogP contribution >= 0.6 is 22.9 Å². The number of esters is 1. The van der Waals surface area contributed by atoms with E-state index < -0.39 is 5.97 Å². The minimum atomic E-state index is -0.506. The lowest BCUT2D eigenvalue weighted by atomic mass is 10.1. The zero-order valence-electron chi connectivity index (χ0n) is 14.7. The lowest BCUT2D eigenvalue weighted by Crippen LogP contribution is -2.28. The Morgan fingerprint density at radius 3 is 2.56 bits per heavy atom. The average Bonchev–Trinajstić information content (AvgIpc) is 3.16. The Morgan fingerprint density at radius 2 is 1.81 bits per heavy atom. The Morgan fingerprint density at radius 1 is 1.07 bits per heavy atom. The maximum atomic E-state index is 12.4. The van der Waals surface area contributed by atoms with Gasteiger partial charge in [0.25, 0.3) is 5.91 Å². The molecule has 0 spiro atoms. The molecule has 6 heteroatoms. The quantitative estimate of drug-likeness (QED) is 0.603. The lowest BCUT2D eigenvalue weighted by molar-refractivity contribution is -0.124. The summed E-state index contributed by atoms with van der Waals surface area (Å²) < 4.78 is 5.18. The van der Waals surface area contributed by atoms with Crippen LogP contribution in [0, 0.1) is 6.92 Å². The number of ether oxygens (including phenoxy) is 1. The fourth-order valence-corrected chi connectivity index (χ4v) is 3.52. The summed E-state index contributed by atoms with van der Waals surface area (Å²) in [5.74, 6) is -0.884. The number of halogens is 1. The summed E-state index contributed by atoms with van der Waals surface area (Å²) in [7, 11) is 0. The molecule has 0 saturated heterocycles. The van der Waals surface area contributed by atoms with E-state index in [0.717, 1.165) is 22.3 Å². The van der Waals surface area contributed by atoms with Crippen molar-refractivity contribution in [1.29, 1.82) is 0 Å². The molecule has 1 heterocycles. The summed E-state index contributed by atoms with van der Waals surface area (Å²) in [6.07, 6.45) is 0. The third kappa shape index (κ3) is 4.96. The zero-order valence-corrected chi connectivity index (χ0v) is 16.3. The first kappa shape index (κ1) is 19.1. The van der Waals surface area contributed by atoms with Gasteiger partial charge in [0.15, 0.2) is 6.61 Å². The fourth-order valence-electron chi connectivity index (χ4n) is 2.51. The first-order chi connectivity index (χ1) is 13.0. The van der Waals surface area contributed by atoms with Gasteiger partial charge in [-0.15, -0.1) is 11.3 Å². The molecule has 3 aromatic rings. The molecular weight excluding hydrogens is 382 g/mol. The van der Waals surface area contributed by atoms with Gasteiger partial charge in [-0.25, -0.2) is 4.79 Å². The number of benzene rings is 2. The van der Waals surface area contributed by atoms with Crippen molar-refractivity contribution in [3.63, 3.8) is 0 Å². The van der Waals surface area contributed by atoms with Gasteiger partial charge < -0.3 is 10.1 Å². The molecule has 1 aromatic heterocycles. The second-order valence-electron chi connectivity index (χ2n) is 5.97. The van der Waals surface area contributed by atoms with E-state index in [1.807, 2.05) is 60.8 Å². The van der Waals surface area contributed by atoms with Crippen LogP contribution in [0.3, 0.4) is 0 Å². The number of carbonyl (C=O) groups is 2. The minimum Gasteiger partial charge on any atom is -0.451 e. The summed E-state index contributed by atoms with van der Waals surface area (Å²) in [4.78, 5) is 24.8. The highest BCUT2D eigenvalue weighted by Gasteiger charge is 2.17. The van der Waals surface area contributed by atoms with Gasteiger partial charge in [-0.05, 0) is 35.6 Å². The highest BCUT2D eigenvalue weighted by atomic mass is 35.5. The van der Waals surface area contributed by atoms with Crippen molar-refractivity contribution in [2.75, 3.05) is 6.61 Å². The van der Waals surface area contributed by atoms with Gasteiger partial charge in [0.1, 0.15) is 4.88 Å². The summed E-state index contributed by atoms with van der Waals surface area (Å²) in [5.41, 5.74) is 3.70. The van der Waals surface area contributed by atoms with Crippen molar-refractivity contribution in [2.24, 2.45) is 0 Å². The second-order valence-corrected chi connectivity index (χ2v) is 7.30. The van der Waals surface area contributed by atoms with E-state index in [2.05, 4.69) is 5.32 Å². The molecule has 3 rings (SSSR count). The summed E-state index contributed by atoms with van der Waals surface area (Å²) >= 11 is 7.35. The van der Waals surface area contributed by atoms with E-state index in [0.29, 0.717) is 9.90 Å². The van der Waals surface area contributed by atoms with Gasteiger partial charge in [0.05, 0.1) is 0 Å². The van der Waals surface area contributed by atoms with Crippen LogP contribution in [-0.2, 0) is 16.1 Å². The van der Waals surface area contributed by atoms with Crippen LogP contribution < -0.4 is 5.32 Å². The number of amides is 1. The van der Waals surface area contributed by atoms with Crippen LogP contribution in [0.1, 0.15) is 20.8 Å². The SMILES string of the molecule is Cc1ccc(-c2ccsc2C(=O)OCC(=O)NCc2ccccc2Cl)cc1. The second kappa shape index (κ2) is 8.84. The van der Waals surface area contributed by atoms with Crippen molar-refractivity contribution in [1.82, 2.24) is 5.32 Å². The number of carbonyl (C=O) groups excluding carboxylic acids is 2. The maximum absolute atomic E-state index is 12.4. The van der Waals surface area contributed by atoms with Crippen molar-refractivity contribution < 1.29 is 14.3 Å². The molecule has 0 aliphatic heterocycles. The van der Waals surface area contributed by atoms with Crippen molar-refractivity contribution in [3.8, 4) is 11.1 Å². The monoisotopic (exact) mass is 399 g/mol. The molecule has 0 aliphatic carbocycles. The first-order valence-electron chi connectivity index (χ1n) is 8.36. The van der Waals surface area contributed by atoms with Gasteiger partial charge in [0, 0.05) is 17.1 Å². The topological polar surface area (TPSA) is 55.4 Å². The molecule has 1 amide bonds. The molecular formula is C21H18ClNO3S. The Bertz CT molecular complexity index is 950. The molecule has 138 valence electrons. The molecule has 0 unspecified atom stereocenters. The molecule has 27 heavy (non-hydrogen) atoms. The van der Waals surface area contributed by atoms with E-state index in [1.54, 1.807) is 6.07 Å². The summed E-state index contributed by atoms with van der Waals surface area (Å²) in [6.45, 7) is 1.95. The van der Waals surface area contributed by atoms with E-state index in [-0.39, 0.29) is 19.1 Å². The molecule has 0 aliphatic rings. The van der Waals surface area contributed by atoms with Crippen molar-refractivity contribution >= 4 is 34.8 Å². The number of hydrogen-bond donors (Lipinski definition) is 1. The Balaban J connectivity index is 1.57. The van der Waals surface area contributed by atoms with Crippen LogP contribution in [0.4, 0.5) is 0 Å². The Labute approximate surface area is 166 Å². The maximum Gasteiger partial charge on any atom is 0.349 e. The van der Waals surface area contributed by atoms with Gasteiger partial charge in [0.2, 0.25) is 0 Å². The standard InChI is InChI=1S/C21H18ClNO3S/c1-14-6-8-15(9-7-14)17-10-11-27-20(17)21(25)26-13-19(24)23-12-16-4-2-3-5-18(16)22/h2-11H,12-13H2,1H3,(H,23,24). The smallest absolute Gasteiger partial charge is 0.349 e. The van der Waals surface area contributed by atoms with Crippen LogP contribution in [0.5, 0.6) is 0 Å². The van der Waals surface area contributed by atoms with Gasteiger partial charge in [-0.2, -0.15) is 0 Å². The molecule has 1 N–H and O–H groups in total. The van der Waals surface area contributed by atoms with Crippen molar-refractivity contribution in [3.05, 3.63) is 81.0 Å². The number of hydrogen-bond acceptors (Lipinski definition) is 4. The first-order valence-corrected chi connectivity index (χ1v) is 9.62. The number of nitrogens with one attached hydrogen (secondary N) is 1. The number of thiophene rings is 1. The molecule has 0 fully saturated rings. The third-order valence-electron chi connectivity index (χ3n) is 3.98. The number of aryl methyl sites for hydroxylation is 1. The van der Waals surface area contributed by atoms with Gasteiger partial charge in [-0.1, -0.05) is 59.6 Å². The summed E-state index contributed by atoms with van der Waals surface area (Å²) in [5, 5.41) is 5.11. The molecule has 2 aromatic carbocycles. The van der Waals surface area contributed by atoms with Crippen LogP contribution in [0.25, 0.3) is 11.1 Å². The molecule has 0 saturated carbocycles. The Kier molecular flexibility index (Phi) is 6.27. The highest BCUT2D eigenvalue weighted by Crippen LogP contribution is 2.29. The average molecular weight is 400 g/mol. The number of rotatable bonds is 6. The van der Waals surface area contributed by atoms with E-state index in [4.69, 9.17) is 16.3 Å². The molecule has 0 atom stereocenters. The van der Waals surface area contributed by atoms with Crippen LogP contribution in [0.15, 0.2) is 60.0 Å². The highest BCUT2D eigenvalue weighted by molar-refractivity contribution is 7.12. The van der Waals surface area contributed by atoms with Gasteiger partial charge >= 0.3 is 5.97 Å². The largest absolute Gasteiger partial charge is 0.451 e. The summed E-state index contributed by atoms with van der Waals surface area (Å²) in [6, 6.07) is 17.0. The lowest BCUT2D eigenvalue weighted by Gasteiger charge is -2.08. The molecule has 0 radical (unpaired) electrons. The molecule has 4 nitrogen and oxygen atoms in total. The predicted octanol–water partition coefficient (Wildman–Crippen LogP) is 4.85. The Hall–Kier alpha value is -2.63. The van der Waals surface area contributed by atoms with Gasteiger partial charge in [-0.3, -0.25) is 4.79 Å². The van der Waals surface area contributed by atoms with E-state index >= 15 is 0 Å². The zero-order chi connectivity index (χ0) is 19.2. The normalized spacial score (nSPS) is 10.4. The predicted molar refractivity (Wildman–Crippen MR) is 108 cm³/mol. The van der Waals surface area contributed by atoms with Crippen LogP contribution in [0.2, 0.25) is 5.02 Å². The fraction of sp³-hybridized carbons (Fsp3) is 0.143. The van der Waals surface area contributed by atoms with E-state index in [1.165, 1.54) is 11.3 Å². The third-order valence-corrected chi connectivity index (χ3v) is 5.24. The van der Waals surface area contributed by atoms with E-state index in [9.17, 15) is 9.59 Å². The minimum absolute atomic E-state index is 0.281.